The molecule has 0 aliphatic heterocycles. The van der Waals surface area contributed by atoms with Crippen LogP contribution in [0.5, 0.6) is 5.75 Å². The lowest BCUT2D eigenvalue weighted by atomic mass is 10.2. The average molecular weight is 247 g/mol. The van der Waals surface area contributed by atoms with Gasteiger partial charge in [0, 0.05) is 6.54 Å². The first-order chi connectivity index (χ1) is 8.88. The minimum absolute atomic E-state index is 0.804. The van der Waals surface area contributed by atoms with Gasteiger partial charge in [0.05, 0.1) is 6.61 Å². The SMILES string of the molecule is CCCOc1cccc(CNCCCC2CC2)c1. The van der Waals surface area contributed by atoms with E-state index in [1.165, 1.54) is 31.2 Å². The van der Waals surface area contributed by atoms with Crippen LogP contribution in [0.4, 0.5) is 0 Å². The van der Waals surface area contributed by atoms with Crippen LogP contribution >= 0.6 is 0 Å². The Morgan fingerprint density at radius 3 is 3.00 bits per heavy atom. The summed E-state index contributed by atoms with van der Waals surface area (Å²) in [6, 6.07) is 8.41. The quantitative estimate of drug-likeness (QED) is 0.671. The molecule has 100 valence electrons. The summed E-state index contributed by atoms with van der Waals surface area (Å²) in [5.74, 6) is 2.05. The Bertz CT molecular complexity index is 347. The van der Waals surface area contributed by atoms with Gasteiger partial charge in [-0.1, -0.05) is 31.9 Å². The maximum atomic E-state index is 5.64. The summed E-state index contributed by atoms with van der Waals surface area (Å²) >= 11 is 0. The largest absolute Gasteiger partial charge is 0.494 e. The van der Waals surface area contributed by atoms with Crippen LogP contribution in [0.15, 0.2) is 24.3 Å². The second kappa shape index (κ2) is 7.42. The number of nitrogens with one attached hydrogen (secondary N) is 1. The van der Waals surface area contributed by atoms with Crippen molar-refractivity contribution in [3.8, 4) is 5.75 Å². The fourth-order valence-corrected chi connectivity index (χ4v) is 2.12. The van der Waals surface area contributed by atoms with Gasteiger partial charge in [-0.15, -0.1) is 0 Å². The molecule has 18 heavy (non-hydrogen) atoms. The second-order valence-electron chi connectivity index (χ2n) is 5.26. The Kier molecular flexibility index (Phi) is 5.53. The van der Waals surface area contributed by atoms with Gasteiger partial charge < -0.3 is 10.1 Å². The zero-order chi connectivity index (χ0) is 12.6. The van der Waals surface area contributed by atoms with E-state index in [1.54, 1.807) is 0 Å². The maximum Gasteiger partial charge on any atom is 0.119 e. The van der Waals surface area contributed by atoms with E-state index in [0.29, 0.717) is 0 Å². The van der Waals surface area contributed by atoms with Crippen molar-refractivity contribution in [1.82, 2.24) is 5.32 Å². The van der Waals surface area contributed by atoms with Crippen LogP contribution < -0.4 is 10.1 Å². The minimum atomic E-state index is 0.804. The molecule has 0 heterocycles. The Balaban J connectivity index is 1.64. The van der Waals surface area contributed by atoms with Gasteiger partial charge in [0.25, 0.3) is 0 Å². The highest BCUT2D eigenvalue weighted by molar-refractivity contribution is 5.28. The van der Waals surface area contributed by atoms with Gasteiger partial charge in [0.2, 0.25) is 0 Å². The van der Waals surface area contributed by atoms with Gasteiger partial charge in [0.15, 0.2) is 0 Å². The van der Waals surface area contributed by atoms with Crippen LogP contribution in [-0.4, -0.2) is 13.2 Å². The van der Waals surface area contributed by atoms with Crippen molar-refractivity contribution in [2.45, 2.75) is 45.6 Å². The maximum absolute atomic E-state index is 5.64. The standard InChI is InChI=1S/C16H25NO/c1-2-11-18-16-7-3-5-15(12-16)13-17-10-4-6-14-8-9-14/h3,5,7,12,14,17H,2,4,6,8-11,13H2,1H3. The molecule has 1 saturated carbocycles. The molecule has 0 saturated heterocycles. The van der Waals surface area contributed by atoms with Crippen LogP contribution in [0.25, 0.3) is 0 Å². The summed E-state index contributed by atoms with van der Waals surface area (Å²) in [6.07, 6.45) is 6.72. The lowest BCUT2D eigenvalue weighted by Crippen LogP contribution is -2.14. The summed E-state index contributed by atoms with van der Waals surface area (Å²) in [7, 11) is 0. The molecule has 1 fully saturated rings. The predicted molar refractivity (Wildman–Crippen MR) is 75.9 cm³/mol. The van der Waals surface area contributed by atoms with Gasteiger partial charge in [-0.2, -0.15) is 0 Å². The average Bonchev–Trinajstić information content (AvgIpc) is 3.20. The minimum Gasteiger partial charge on any atom is -0.494 e. The summed E-state index contributed by atoms with van der Waals surface area (Å²) in [4.78, 5) is 0. The van der Waals surface area contributed by atoms with Crippen LogP contribution in [-0.2, 0) is 6.54 Å². The molecular weight excluding hydrogens is 222 g/mol. The first-order valence-corrected chi connectivity index (χ1v) is 7.31. The molecule has 1 aliphatic rings. The molecule has 0 amide bonds. The molecule has 0 spiro atoms. The van der Waals surface area contributed by atoms with E-state index in [9.17, 15) is 0 Å². The monoisotopic (exact) mass is 247 g/mol. The van der Waals surface area contributed by atoms with E-state index in [4.69, 9.17) is 4.74 Å². The fraction of sp³-hybridized carbons (Fsp3) is 0.625. The number of rotatable bonds is 9. The summed E-state index contributed by atoms with van der Waals surface area (Å²) in [6.45, 7) is 5.02. The van der Waals surface area contributed by atoms with Gasteiger partial charge in [-0.3, -0.25) is 0 Å². The van der Waals surface area contributed by atoms with E-state index in [-0.39, 0.29) is 0 Å². The predicted octanol–water partition coefficient (Wildman–Crippen LogP) is 3.76. The third-order valence-corrected chi connectivity index (χ3v) is 3.36. The molecular formula is C16H25NO. The molecule has 0 aromatic heterocycles. The van der Waals surface area contributed by atoms with Crippen molar-refractivity contribution in [2.75, 3.05) is 13.2 Å². The second-order valence-corrected chi connectivity index (χ2v) is 5.26. The van der Waals surface area contributed by atoms with Gasteiger partial charge in [0.1, 0.15) is 5.75 Å². The smallest absolute Gasteiger partial charge is 0.119 e. The zero-order valence-corrected chi connectivity index (χ0v) is 11.5. The first-order valence-electron chi connectivity index (χ1n) is 7.31. The van der Waals surface area contributed by atoms with E-state index in [2.05, 4.69) is 30.4 Å². The molecule has 1 aliphatic carbocycles. The number of hydrogen-bond acceptors (Lipinski definition) is 2. The van der Waals surface area contributed by atoms with Crippen molar-refractivity contribution in [1.29, 1.82) is 0 Å². The van der Waals surface area contributed by atoms with Gasteiger partial charge in [-0.05, 0) is 49.4 Å². The Hall–Kier alpha value is -1.02. The van der Waals surface area contributed by atoms with E-state index in [0.717, 1.165) is 37.8 Å². The molecule has 0 bridgehead atoms. The lowest BCUT2D eigenvalue weighted by Gasteiger charge is -2.08. The molecule has 0 atom stereocenters. The van der Waals surface area contributed by atoms with Crippen molar-refractivity contribution in [3.63, 3.8) is 0 Å². The van der Waals surface area contributed by atoms with E-state index in [1.807, 2.05) is 6.07 Å². The molecule has 2 nitrogen and oxygen atoms in total. The van der Waals surface area contributed by atoms with Crippen LogP contribution in [0.3, 0.4) is 0 Å². The Morgan fingerprint density at radius 1 is 1.33 bits per heavy atom. The highest BCUT2D eigenvalue weighted by Crippen LogP contribution is 2.33. The molecule has 1 N–H and O–H groups in total. The van der Waals surface area contributed by atoms with Crippen molar-refractivity contribution in [2.24, 2.45) is 5.92 Å². The highest BCUT2D eigenvalue weighted by atomic mass is 16.5. The van der Waals surface area contributed by atoms with E-state index >= 15 is 0 Å². The third-order valence-electron chi connectivity index (χ3n) is 3.36. The lowest BCUT2D eigenvalue weighted by molar-refractivity contribution is 0.317. The molecule has 0 radical (unpaired) electrons. The van der Waals surface area contributed by atoms with Crippen molar-refractivity contribution < 1.29 is 4.74 Å². The van der Waals surface area contributed by atoms with Crippen molar-refractivity contribution in [3.05, 3.63) is 29.8 Å². The number of hydrogen-bond donors (Lipinski definition) is 1. The van der Waals surface area contributed by atoms with Gasteiger partial charge in [-0.25, -0.2) is 0 Å². The highest BCUT2D eigenvalue weighted by Gasteiger charge is 2.19. The topological polar surface area (TPSA) is 21.3 Å². The third kappa shape index (κ3) is 5.09. The Morgan fingerprint density at radius 2 is 2.22 bits per heavy atom. The summed E-state index contributed by atoms with van der Waals surface area (Å²) in [5, 5.41) is 3.51. The summed E-state index contributed by atoms with van der Waals surface area (Å²) in [5.41, 5.74) is 1.31. The number of benzene rings is 1. The van der Waals surface area contributed by atoms with Crippen molar-refractivity contribution >= 4 is 0 Å². The van der Waals surface area contributed by atoms with E-state index < -0.39 is 0 Å². The molecule has 1 aromatic rings. The normalized spacial score (nSPS) is 14.7. The summed E-state index contributed by atoms with van der Waals surface area (Å²) < 4.78 is 5.64. The number of ether oxygens (including phenoxy) is 1. The van der Waals surface area contributed by atoms with Crippen LogP contribution in [0.2, 0.25) is 0 Å². The van der Waals surface area contributed by atoms with Crippen LogP contribution in [0, 0.1) is 5.92 Å². The first kappa shape index (κ1) is 13.4. The molecule has 2 heteroatoms. The fourth-order valence-electron chi connectivity index (χ4n) is 2.12. The molecule has 1 aromatic carbocycles. The molecule has 2 rings (SSSR count). The van der Waals surface area contributed by atoms with Gasteiger partial charge >= 0.3 is 0 Å². The zero-order valence-electron chi connectivity index (χ0n) is 11.5. The molecule has 0 unspecified atom stereocenters. The van der Waals surface area contributed by atoms with Crippen LogP contribution in [0.1, 0.15) is 44.6 Å². The Labute approximate surface area is 111 Å².